The van der Waals surface area contributed by atoms with E-state index in [1.54, 1.807) is 0 Å². The zero-order valence-corrected chi connectivity index (χ0v) is 8.87. The van der Waals surface area contributed by atoms with Gasteiger partial charge in [-0.2, -0.15) is 0 Å². The van der Waals surface area contributed by atoms with Crippen molar-refractivity contribution in [3.05, 3.63) is 0 Å². The summed E-state index contributed by atoms with van der Waals surface area (Å²) in [5, 5.41) is 5.20. The Bertz CT molecular complexity index is 290. The van der Waals surface area contributed by atoms with Gasteiger partial charge in [0.05, 0.1) is 12.6 Å². The fourth-order valence-electron chi connectivity index (χ4n) is 1.41. The van der Waals surface area contributed by atoms with Crippen molar-refractivity contribution < 1.29 is 14.4 Å². The van der Waals surface area contributed by atoms with E-state index < -0.39 is 0 Å². The van der Waals surface area contributed by atoms with Gasteiger partial charge < -0.3 is 5.32 Å². The van der Waals surface area contributed by atoms with Crippen LogP contribution in [0, 0.1) is 0 Å². The number of rotatable bonds is 3. The van der Waals surface area contributed by atoms with Crippen LogP contribution in [-0.2, 0) is 14.4 Å². The summed E-state index contributed by atoms with van der Waals surface area (Å²) in [6, 6.07) is -0.354. The molecule has 0 bridgehead atoms. The quantitative estimate of drug-likeness (QED) is 0.557. The number of likely N-dealkylation sites (N-methyl/N-ethyl adjacent to an activating group) is 1. The molecule has 3 amide bonds. The SMILES string of the molecule is CCC1NCC(=O)N(CC(=O)NC)C1=O. The van der Waals surface area contributed by atoms with Crippen LogP contribution >= 0.6 is 0 Å². The minimum atomic E-state index is -0.354. The lowest BCUT2D eigenvalue weighted by Gasteiger charge is -2.30. The fourth-order valence-corrected chi connectivity index (χ4v) is 1.41. The topological polar surface area (TPSA) is 78.5 Å². The van der Waals surface area contributed by atoms with Crippen molar-refractivity contribution in [1.82, 2.24) is 15.5 Å². The number of carbonyl (C=O) groups is 3. The highest BCUT2D eigenvalue weighted by atomic mass is 16.2. The fraction of sp³-hybridized carbons (Fsp3) is 0.667. The smallest absolute Gasteiger partial charge is 0.246 e. The Hall–Kier alpha value is -1.43. The summed E-state index contributed by atoms with van der Waals surface area (Å²) in [7, 11) is 1.47. The number of hydrogen-bond donors (Lipinski definition) is 2. The summed E-state index contributed by atoms with van der Waals surface area (Å²) in [5.74, 6) is -1.01. The molecule has 1 saturated heterocycles. The molecule has 1 aliphatic rings. The second-order valence-electron chi connectivity index (χ2n) is 3.33. The van der Waals surface area contributed by atoms with E-state index in [-0.39, 0.29) is 36.9 Å². The number of hydrogen-bond acceptors (Lipinski definition) is 4. The van der Waals surface area contributed by atoms with E-state index in [0.717, 1.165) is 4.90 Å². The first-order valence-corrected chi connectivity index (χ1v) is 4.88. The van der Waals surface area contributed by atoms with E-state index in [1.165, 1.54) is 7.05 Å². The summed E-state index contributed by atoms with van der Waals surface area (Å²) in [4.78, 5) is 35.2. The Morgan fingerprint density at radius 3 is 2.80 bits per heavy atom. The molecule has 2 N–H and O–H groups in total. The van der Waals surface area contributed by atoms with Crippen molar-refractivity contribution in [3.8, 4) is 0 Å². The molecule has 1 rings (SSSR count). The van der Waals surface area contributed by atoms with Gasteiger partial charge in [-0.1, -0.05) is 6.92 Å². The second kappa shape index (κ2) is 4.88. The van der Waals surface area contributed by atoms with Crippen LogP contribution in [0.1, 0.15) is 13.3 Å². The molecule has 6 heteroatoms. The highest BCUT2D eigenvalue weighted by Crippen LogP contribution is 2.05. The molecule has 1 aliphatic heterocycles. The second-order valence-corrected chi connectivity index (χ2v) is 3.33. The standard InChI is InChI=1S/C9H15N3O3/c1-3-6-9(15)12(5-7(13)10-2)8(14)4-11-6/h6,11H,3-5H2,1-2H3,(H,10,13). The molecule has 0 aromatic rings. The van der Waals surface area contributed by atoms with Gasteiger partial charge >= 0.3 is 0 Å². The highest BCUT2D eigenvalue weighted by Gasteiger charge is 2.33. The molecular formula is C9H15N3O3. The minimum absolute atomic E-state index is 0.112. The third-order valence-electron chi connectivity index (χ3n) is 2.35. The number of carbonyl (C=O) groups excluding carboxylic acids is 3. The van der Waals surface area contributed by atoms with Gasteiger partial charge in [0.1, 0.15) is 6.54 Å². The Morgan fingerprint density at radius 2 is 2.27 bits per heavy atom. The van der Waals surface area contributed by atoms with Crippen LogP contribution in [0.25, 0.3) is 0 Å². The van der Waals surface area contributed by atoms with E-state index in [9.17, 15) is 14.4 Å². The highest BCUT2D eigenvalue weighted by molar-refractivity contribution is 6.03. The maximum absolute atomic E-state index is 11.7. The molecule has 0 aromatic carbocycles. The molecular weight excluding hydrogens is 198 g/mol. The predicted octanol–water partition coefficient (Wildman–Crippen LogP) is -1.53. The molecule has 1 heterocycles. The van der Waals surface area contributed by atoms with E-state index in [1.807, 2.05) is 6.92 Å². The number of amides is 3. The predicted molar refractivity (Wildman–Crippen MR) is 52.9 cm³/mol. The minimum Gasteiger partial charge on any atom is -0.358 e. The number of nitrogens with one attached hydrogen (secondary N) is 2. The first kappa shape index (κ1) is 11.6. The Morgan fingerprint density at radius 1 is 1.60 bits per heavy atom. The average molecular weight is 213 g/mol. The molecule has 0 radical (unpaired) electrons. The van der Waals surface area contributed by atoms with Crippen molar-refractivity contribution in [3.63, 3.8) is 0 Å². The lowest BCUT2D eigenvalue weighted by molar-refractivity contribution is -0.151. The van der Waals surface area contributed by atoms with Gasteiger partial charge in [0.15, 0.2) is 0 Å². The summed E-state index contributed by atoms with van der Waals surface area (Å²) in [5.41, 5.74) is 0. The van der Waals surface area contributed by atoms with E-state index in [0.29, 0.717) is 6.42 Å². The van der Waals surface area contributed by atoms with Crippen molar-refractivity contribution in [2.75, 3.05) is 20.1 Å². The van der Waals surface area contributed by atoms with Gasteiger partial charge in [-0.25, -0.2) is 0 Å². The van der Waals surface area contributed by atoms with Crippen LogP contribution in [0.5, 0.6) is 0 Å². The van der Waals surface area contributed by atoms with Crippen LogP contribution in [-0.4, -0.2) is 48.8 Å². The van der Waals surface area contributed by atoms with Crippen molar-refractivity contribution in [1.29, 1.82) is 0 Å². The molecule has 1 unspecified atom stereocenters. The number of piperazine rings is 1. The third kappa shape index (κ3) is 2.53. The number of nitrogens with zero attached hydrogens (tertiary/aromatic N) is 1. The summed E-state index contributed by atoms with van der Waals surface area (Å²) in [6.45, 7) is 1.77. The molecule has 6 nitrogen and oxygen atoms in total. The zero-order chi connectivity index (χ0) is 11.4. The first-order chi connectivity index (χ1) is 7.10. The van der Waals surface area contributed by atoms with Gasteiger partial charge in [0.25, 0.3) is 0 Å². The largest absolute Gasteiger partial charge is 0.358 e. The van der Waals surface area contributed by atoms with Crippen LogP contribution in [0.2, 0.25) is 0 Å². The Labute approximate surface area is 88.0 Å². The average Bonchev–Trinajstić information content (AvgIpc) is 2.24. The lowest BCUT2D eigenvalue weighted by Crippen LogP contribution is -2.59. The molecule has 1 atom stereocenters. The van der Waals surface area contributed by atoms with E-state index in [4.69, 9.17) is 0 Å². The van der Waals surface area contributed by atoms with Crippen molar-refractivity contribution >= 4 is 17.7 Å². The molecule has 0 aromatic heterocycles. The van der Waals surface area contributed by atoms with Crippen LogP contribution in [0.3, 0.4) is 0 Å². The van der Waals surface area contributed by atoms with E-state index >= 15 is 0 Å². The Kier molecular flexibility index (Phi) is 3.79. The molecule has 0 spiro atoms. The summed E-state index contributed by atoms with van der Waals surface area (Å²) in [6.07, 6.45) is 0.607. The summed E-state index contributed by atoms with van der Waals surface area (Å²) >= 11 is 0. The number of imide groups is 1. The Balaban J connectivity index is 2.70. The monoisotopic (exact) mass is 213 g/mol. The van der Waals surface area contributed by atoms with Crippen molar-refractivity contribution in [2.24, 2.45) is 0 Å². The maximum Gasteiger partial charge on any atom is 0.246 e. The normalized spacial score (nSPS) is 21.7. The molecule has 84 valence electrons. The van der Waals surface area contributed by atoms with Crippen LogP contribution < -0.4 is 10.6 Å². The van der Waals surface area contributed by atoms with E-state index in [2.05, 4.69) is 10.6 Å². The van der Waals surface area contributed by atoms with Gasteiger partial charge in [-0.05, 0) is 6.42 Å². The molecule has 1 fully saturated rings. The lowest BCUT2D eigenvalue weighted by atomic mass is 10.1. The van der Waals surface area contributed by atoms with Gasteiger partial charge in [0, 0.05) is 7.05 Å². The molecule has 0 saturated carbocycles. The van der Waals surface area contributed by atoms with Crippen LogP contribution in [0.15, 0.2) is 0 Å². The summed E-state index contributed by atoms with van der Waals surface area (Å²) < 4.78 is 0. The maximum atomic E-state index is 11.7. The van der Waals surface area contributed by atoms with Gasteiger partial charge in [-0.15, -0.1) is 0 Å². The third-order valence-corrected chi connectivity index (χ3v) is 2.35. The first-order valence-electron chi connectivity index (χ1n) is 4.88. The zero-order valence-electron chi connectivity index (χ0n) is 8.87. The van der Waals surface area contributed by atoms with Crippen molar-refractivity contribution in [2.45, 2.75) is 19.4 Å². The van der Waals surface area contributed by atoms with Gasteiger partial charge in [-0.3, -0.25) is 24.6 Å². The van der Waals surface area contributed by atoms with Crippen LogP contribution in [0.4, 0.5) is 0 Å². The molecule has 15 heavy (non-hydrogen) atoms. The van der Waals surface area contributed by atoms with Gasteiger partial charge in [0.2, 0.25) is 17.7 Å². The molecule has 0 aliphatic carbocycles.